The van der Waals surface area contributed by atoms with Crippen LogP contribution in [0.15, 0.2) is 0 Å². The second kappa shape index (κ2) is 6.83. The highest BCUT2D eigenvalue weighted by Crippen LogP contribution is 2.31. The molecule has 1 N–H and O–H groups in total. The second-order valence-corrected chi connectivity index (χ2v) is 7.03. The summed E-state index contributed by atoms with van der Waals surface area (Å²) in [7, 11) is 1.22. The van der Waals surface area contributed by atoms with Crippen LogP contribution in [0.4, 0.5) is 4.79 Å². The largest absolute Gasteiger partial charge is 0.467 e. The van der Waals surface area contributed by atoms with Gasteiger partial charge in [0, 0.05) is 12.0 Å². The molecule has 1 amide bonds. The summed E-state index contributed by atoms with van der Waals surface area (Å²) in [6.07, 6.45) is -2.26. The van der Waals surface area contributed by atoms with Crippen LogP contribution in [0.5, 0.6) is 0 Å². The molecule has 1 aliphatic rings. The van der Waals surface area contributed by atoms with E-state index in [2.05, 4.69) is 4.74 Å². The molecule has 1 aliphatic heterocycles. The number of nitrogens with zero attached hydrogens (tertiary/aromatic N) is 1. The van der Waals surface area contributed by atoms with E-state index in [4.69, 9.17) is 9.47 Å². The van der Waals surface area contributed by atoms with Crippen LogP contribution < -0.4 is 0 Å². The van der Waals surface area contributed by atoms with E-state index in [0.29, 0.717) is 13.2 Å². The highest BCUT2D eigenvalue weighted by Gasteiger charge is 2.44. The Morgan fingerprint density at radius 2 is 1.86 bits per heavy atom. The zero-order chi connectivity index (χ0) is 17.1. The number of esters is 1. The highest BCUT2D eigenvalue weighted by molar-refractivity contribution is 5.75. The summed E-state index contributed by atoms with van der Waals surface area (Å²) >= 11 is 0. The Labute approximate surface area is 131 Å². The molecule has 0 spiro atoms. The third-order valence-corrected chi connectivity index (χ3v) is 3.68. The third-order valence-electron chi connectivity index (χ3n) is 3.68. The number of rotatable bonds is 3. The maximum Gasteiger partial charge on any atom is 0.410 e. The number of morpholine rings is 1. The molecule has 0 aromatic rings. The van der Waals surface area contributed by atoms with Crippen molar-refractivity contribution in [1.29, 1.82) is 0 Å². The van der Waals surface area contributed by atoms with Crippen molar-refractivity contribution in [3.63, 3.8) is 0 Å². The lowest BCUT2D eigenvalue weighted by molar-refractivity contribution is -0.170. The van der Waals surface area contributed by atoms with Crippen molar-refractivity contribution in [1.82, 2.24) is 4.90 Å². The molecule has 0 aliphatic carbocycles. The second-order valence-electron chi connectivity index (χ2n) is 7.03. The number of hydrogen-bond donors (Lipinski definition) is 1. The molecule has 1 saturated heterocycles. The van der Waals surface area contributed by atoms with Gasteiger partial charge in [-0.05, 0) is 20.8 Å². The number of aliphatic hydroxyl groups excluding tert-OH is 1. The van der Waals surface area contributed by atoms with Crippen molar-refractivity contribution in [3.05, 3.63) is 0 Å². The minimum atomic E-state index is -1.33. The van der Waals surface area contributed by atoms with Crippen LogP contribution in [-0.2, 0) is 19.0 Å². The average molecular weight is 317 g/mol. The van der Waals surface area contributed by atoms with Crippen molar-refractivity contribution in [2.24, 2.45) is 5.41 Å². The summed E-state index contributed by atoms with van der Waals surface area (Å²) in [6, 6.07) is 0. The first-order valence-electron chi connectivity index (χ1n) is 7.34. The summed E-state index contributed by atoms with van der Waals surface area (Å²) in [5.74, 6) is -0.719. The number of aliphatic hydroxyl groups is 1. The fourth-order valence-corrected chi connectivity index (χ4v) is 2.18. The fraction of sp³-hybridized carbons (Fsp3) is 0.867. The van der Waals surface area contributed by atoms with Gasteiger partial charge in [0.25, 0.3) is 0 Å². The van der Waals surface area contributed by atoms with Gasteiger partial charge in [-0.15, -0.1) is 0 Å². The van der Waals surface area contributed by atoms with E-state index in [1.165, 1.54) is 12.0 Å². The first-order valence-corrected chi connectivity index (χ1v) is 7.34. The van der Waals surface area contributed by atoms with E-state index in [1.54, 1.807) is 34.6 Å². The number of ether oxygens (including phenoxy) is 3. The Bertz CT molecular complexity index is 415. The first kappa shape index (κ1) is 18.7. The van der Waals surface area contributed by atoms with Gasteiger partial charge in [-0.1, -0.05) is 13.8 Å². The average Bonchev–Trinajstić information content (AvgIpc) is 2.43. The number of hydrogen-bond acceptors (Lipinski definition) is 6. The first-order chi connectivity index (χ1) is 9.99. The van der Waals surface area contributed by atoms with Crippen LogP contribution in [-0.4, -0.2) is 66.7 Å². The Morgan fingerprint density at radius 3 is 2.36 bits per heavy atom. The quantitative estimate of drug-likeness (QED) is 0.787. The van der Waals surface area contributed by atoms with Crippen LogP contribution in [0.2, 0.25) is 0 Å². The number of carbonyl (C=O) groups excluding carboxylic acids is 2. The molecule has 128 valence electrons. The third kappa shape index (κ3) is 4.58. The summed E-state index contributed by atoms with van der Waals surface area (Å²) in [4.78, 5) is 25.2. The molecule has 0 aromatic carbocycles. The van der Waals surface area contributed by atoms with Crippen LogP contribution in [0, 0.1) is 5.41 Å². The van der Waals surface area contributed by atoms with Crippen LogP contribution in [0.3, 0.4) is 0 Å². The SMILES string of the molecule is COC(=O)C(O)C(C)(C)C1CN(C(=O)OC(C)(C)C)CCO1. The predicted octanol–water partition coefficient (Wildman–Crippen LogP) is 1.18. The molecule has 1 fully saturated rings. The van der Waals surface area contributed by atoms with E-state index in [-0.39, 0.29) is 6.54 Å². The Kier molecular flexibility index (Phi) is 5.81. The Morgan fingerprint density at radius 1 is 1.27 bits per heavy atom. The van der Waals surface area contributed by atoms with Crippen molar-refractivity contribution < 1.29 is 28.9 Å². The minimum absolute atomic E-state index is 0.246. The smallest absolute Gasteiger partial charge is 0.410 e. The lowest BCUT2D eigenvalue weighted by Crippen LogP contribution is -2.56. The highest BCUT2D eigenvalue weighted by atomic mass is 16.6. The summed E-state index contributed by atoms with van der Waals surface area (Å²) < 4.78 is 15.6. The van der Waals surface area contributed by atoms with Gasteiger partial charge in [0.1, 0.15) is 5.60 Å². The maximum absolute atomic E-state index is 12.1. The van der Waals surface area contributed by atoms with E-state index in [0.717, 1.165) is 0 Å². The molecule has 22 heavy (non-hydrogen) atoms. The zero-order valence-corrected chi connectivity index (χ0v) is 14.2. The molecule has 7 nitrogen and oxygen atoms in total. The standard InChI is InChI=1S/C15H27NO6/c1-14(2,3)22-13(19)16-7-8-21-10(9-16)15(4,5)11(17)12(18)20-6/h10-11,17H,7-9H2,1-6H3. The van der Waals surface area contributed by atoms with Crippen molar-refractivity contribution in [2.45, 2.75) is 52.4 Å². The van der Waals surface area contributed by atoms with E-state index < -0.39 is 35.3 Å². The fourth-order valence-electron chi connectivity index (χ4n) is 2.18. The van der Waals surface area contributed by atoms with Gasteiger partial charge in [-0.3, -0.25) is 0 Å². The van der Waals surface area contributed by atoms with Gasteiger partial charge in [0.05, 0.1) is 26.4 Å². The van der Waals surface area contributed by atoms with Crippen molar-refractivity contribution in [3.8, 4) is 0 Å². The Balaban J connectivity index is 2.77. The molecule has 7 heteroatoms. The molecular weight excluding hydrogens is 290 g/mol. The van der Waals surface area contributed by atoms with Gasteiger partial charge in [0.15, 0.2) is 6.10 Å². The number of methoxy groups -OCH3 is 1. The topological polar surface area (TPSA) is 85.3 Å². The number of carbonyl (C=O) groups is 2. The molecule has 0 bridgehead atoms. The molecule has 0 saturated carbocycles. The molecule has 2 unspecified atom stereocenters. The van der Waals surface area contributed by atoms with Gasteiger partial charge in [-0.2, -0.15) is 0 Å². The monoisotopic (exact) mass is 317 g/mol. The lowest BCUT2D eigenvalue weighted by Gasteiger charge is -2.42. The maximum atomic E-state index is 12.1. The van der Waals surface area contributed by atoms with Crippen molar-refractivity contribution in [2.75, 3.05) is 26.8 Å². The van der Waals surface area contributed by atoms with E-state index in [1.807, 2.05) is 0 Å². The van der Waals surface area contributed by atoms with Crippen molar-refractivity contribution >= 4 is 12.1 Å². The van der Waals surface area contributed by atoms with Gasteiger partial charge in [0.2, 0.25) is 0 Å². The zero-order valence-electron chi connectivity index (χ0n) is 14.2. The molecule has 0 radical (unpaired) electrons. The normalized spacial score (nSPS) is 21.2. The number of amides is 1. The molecule has 1 rings (SSSR count). The lowest BCUT2D eigenvalue weighted by atomic mass is 9.80. The van der Waals surface area contributed by atoms with Gasteiger partial charge >= 0.3 is 12.1 Å². The molecule has 0 aromatic heterocycles. The molecule has 2 atom stereocenters. The molecule has 1 heterocycles. The van der Waals surface area contributed by atoms with Crippen LogP contribution >= 0.6 is 0 Å². The van der Waals surface area contributed by atoms with Crippen LogP contribution in [0.25, 0.3) is 0 Å². The predicted molar refractivity (Wildman–Crippen MR) is 79.4 cm³/mol. The van der Waals surface area contributed by atoms with E-state index in [9.17, 15) is 14.7 Å². The summed E-state index contributed by atoms with van der Waals surface area (Å²) in [5.41, 5.74) is -1.47. The molecular formula is C15H27NO6. The van der Waals surface area contributed by atoms with E-state index >= 15 is 0 Å². The summed E-state index contributed by atoms with van der Waals surface area (Å²) in [5, 5.41) is 10.1. The minimum Gasteiger partial charge on any atom is -0.467 e. The van der Waals surface area contributed by atoms with Crippen LogP contribution in [0.1, 0.15) is 34.6 Å². The summed E-state index contributed by atoms with van der Waals surface area (Å²) in [6.45, 7) is 9.79. The van der Waals surface area contributed by atoms with Gasteiger partial charge < -0.3 is 24.2 Å². The Hall–Kier alpha value is -1.34. The van der Waals surface area contributed by atoms with Gasteiger partial charge in [-0.25, -0.2) is 9.59 Å².